The smallest absolute Gasteiger partial charge is 0.408 e. The number of alkyl carbamates (subject to hydrolysis) is 1. The second kappa shape index (κ2) is 30.1. The highest BCUT2D eigenvalue weighted by molar-refractivity contribution is 6.32. The van der Waals surface area contributed by atoms with Crippen LogP contribution in [0.3, 0.4) is 0 Å². The molecule has 0 radical (unpaired) electrons. The van der Waals surface area contributed by atoms with Gasteiger partial charge in [0.25, 0.3) is 0 Å². The number of nitro groups is 1. The number of halogens is 1. The number of amides is 7. The molecule has 8 unspecified atom stereocenters. The summed E-state index contributed by atoms with van der Waals surface area (Å²) in [5, 5.41) is 44.9. The summed E-state index contributed by atoms with van der Waals surface area (Å²) in [5.41, 5.74) is -1.17. The van der Waals surface area contributed by atoms with E-state index >= 15 is 28.8 Å². The molecule has 0 saturated carbocycles. The van der Waals surface area contributed by atoms with Crippen molar-refractivity contribution >= 4 is 58.8 Å². The predicted octanol–water partition coefficient (Wildman–Crippen LogP) is 8.16. The van der Waals surface area contributed by atoms with Crippen LogP contribution >= 0.6 is 11.6 Å². The van der Waals surface area contributed by atoms with Crippen LogP contribution in [0.1, 0.15) is 96.0 Å². The molecule has 6 aliphatic rings. The Labute approximate surface area is 587 Å². The van der Waals surface area contributed by atoms with Gasteiger partial charge in [0.1, 0.15) is 89.2 Å². The van der Waals surface area contributed by atoms with Gasteiger partial charge in [-0.1, -0.05) is 35.9 Å². The maximum Gasteiger partial charge on any atom is 0.408 e. The molecule has 13 rings (SSSR count). The monoisotopic (exact) mass is 1420 g/mol. The second-order valence-electron chi connectivity index (χ2n) is 24.7. The molecule has 0 saturated heterocycles. The minimum atomic E-state index is -2.12. The molecule has 8 N–H and O–H groups in total. The van der Waals surface area contributed by atoms with Gasteiger partial charge < -0.3 is 99.2 Å². The third kappa shape index (κ3) is 15.3. The second-order valence-corrected chi connectivity index (χ2v) is 25.1. The van der Waals surface area contributed by atoms with Crippen molar-refractivity contribution < 1.29 is 100 Å². The minimum Gasteiger partial charge on any atom is -0.497 e. The van der Waals surface area contributed by atoms with Gasteiger partial charge in [-0.3, -0.25) is 38.9 Å². The Balaban J connectivity index is 1.16. The fraction of sp³-hybridized carbons (Fsp3) is 0.310. The van der Waals surface area contributed by atoms with Crippen LogP contribution in [0.4, 0.5) is 10.5 Å². The predicted molar refractivity (Wildman–Crippen MR) is 361 cm³/mol. The first-order valence-electron chi connectivity index (χ1n) is 31.5. The van der Waals surface area contributed by atoms with Gasteiger partial charge in [-0.05, 0) is 133 Å². The molecule has 31 heteroatoms. The number of fused-ring (bicyclic) bond motifs is 14. The Morgan fingerprint density at radius 3 is 1.83 bits per heavy atom. The summed E-state index contributed by atoms with van der Waals surface area (Å²) in [4.78, 5) is 121. The topological polar surface area (TPSA) is 378 Å². The van der Waals surface area contributed by atoms with Gasteiger partial charge >= 0.3 is 11.8 Å². The summed E-state index contributed by atoms with van der Waals surface area (Å²) in [6.45, 7) is 4.29. The summed E-state index contributed by atoms with van der Waals surface area (Å²) in [5.74, 6) is -7.50. The zero-order chi connectivity index (χ0) is 73.0. The number of methoxy groups -OCH3 is 7. The summed E-state index contributed by atoms with van der Waals surface area (Å²) in [6, 6.07) is 13.6. The fourth-order valence-electron chi connectivity index (χ4n) is 12.1. The number of hydrogen-bond acceptors (Lipinski definition) is 22. The van der Waals surface area contributed by atoms with Crippen molar-refractivity contribution in [3.05, 3.63) is 169 Å². The van der Waals surface area contributed by atoms with E-state index in [0.717, 1.165) is 6.07 Å². The van der Waals surface area contributed by atoms with E-state index in [1.54, 1.807) is 32.9 Å². The number of carbonyl (C=O) groups is 7. The van der Waals surface area contributed by atoms with E-state index in [9.17, 15) is 20.0 Å². The quantitative estimate of drug-likeness (QED) is 0.0247. The maximum atomic E-state index is 16.3. The summed E-state index contributed by atoms with van der Waals surface area (Å²) in [6.07, 6.45) is -3.55. The van der Waals surface area contributed by atoms with E-state index in [1.165, 1.54) is 147 Å². The van der Waals surface area contributed by atoms with Crippen LogP contribution < -0.4 is 79.8 Å². The Bertz CT molecular complexity index is 4490. The van der Waals surface area contributed by atoms with E-state index < -0.39 is 118 Å². The van der Waals surface area contributed by atoms with Crippen molar-refractivity contribution in [2.24, 2.45) is 0 Å². The molecule has 6 heterocycles. The number of aliphatic hydroxyl groups excluding tert-OH is 1. The molecular weight excluding hydrogens is 1350 g/mol. The van der Waals surface area contributed by atoms with E-state index in [2.05, 4.69) is 37.2 Å². The zero-order valence-corrected chi connectivity index (χ0v) is 57.3. The average molecular weight is 1420 g/mol. The van der Waals surface area contributed by atoms with Gasteiger partial charge in [0, 0.05) is 42.9 Å². The average Bonchev–Trinajstić information content (AvgIpc) is 0.803. The number of aliphatic hydroxyl groups is 1. The van der Waals surface area contributed by atoms with Crippen LogP contribution in [0.2, 0.25) is 5.02 Å². The lowest BCUT2D eigenvalue weighted by Crippen LogP contribution is -2.55. The number of rotatable bonds is 12. The molecule has 17 bridgehead atoms. The van der Waals surface area contributed by atoms with Gasteiger partial charge in [-0.25, -0.2) is 4.79 Å². The molecule has 8 atom stereocenters. The van der Waals surface area contributed by atoms with Gasteiger partial charge in [-0.2, -0.15) is 0 Å². The Kier molecular flexibility index (Phi) is 21.1. The Morgan fingerprint density at radius 2 is 1.19 bits per heavy atom. The first kappa shape index (κ1) is 71.7. The SMILES string of the molecule is COCOCC1NC(=O)C2NC(=O)C(NC(=O)C3NC(=O)C4NC(=O)C(Cc5ccc(c([N+](=O)[O-])c5)Oc5cc3cc(c5OC)Oc3ccc(cc3Cl)C2O)NC(=O)C(NC(=O)OC(C)(C)C)c2ccc(OC)c(c2)Oc2cc(OC)cc4c2)c2ccc(OC)c(c2)-c2c(OC)cc(OC)cc21. The summed E-state index contributed by atoms with van der Waals surface area (Å²) in [7, 11) is 9.49. The Hall–Kier alpha value is -11.6. The molecular formula is C71H71ClN8O22. The molecule has 0 aliphatic carbocycles. The lowest BCUT2D eigenvalue weighted by atomic mass is 9.89. The largest absolute Gasteiger partial charge is 0.497 e. The van der Waals surface area contributed by atoms with E-state index in [0.29, 0.717) is 5.56 Å². The molecule has 7 amide bonds. The van der Waals surface area contributed by atoms with Crippen LogP contribution in [0.5, 0.6) is 69.0 Å². The standard InChI is InChI=1S/C71H71ClN8O22/c1-71(2,3)102-70(88)79-58-35-13-18-51(95-8)52(25-35)99-41-22-37(21-39(28-41)92-5)59-67(85)77-60-38-26-54(63(97-10)55(27-38)101-50-15-11-33(20-47(50)80(89)90)19-45(64(82)75-59)73-65(58)83)100-49-17-14-36(24-44(49)72)62(81)61-69(87)74-46(31-98-32-91-4)42-29-40(93-6)30-53(96-9)56(42)43-23-34(12-16-48(43)94-7)57(66(84)78-61)76-68(60)86/h11-18,20-30,45-46,57-62,81H,19,31-32H2,1-10H3,(H,73,83)(H,74,87)(H,75,82)(H,76,86)(H,77,85)(H,78,84)(H,79,88). The number of ether oxygens (including phenoxy) is 12. The van der Waals surface area contributed by atoms with Gasteiger partial charge in [0.2, 0.25) is 46.9 Å². The Morgan fingerprint density at radius 1 is 0.578 bits per heavy atom. The maximum absolute atomic E-state index is 16.3. The van der Waals surface area contributed by atoms with Crippen molar-refractivity contribution in [2.75, 3.05) is 63.2 Å². The molecule has 7 aromatic rings. The third-order valence-corrected chi connectivity index (χ3v) is 17.2. The molecule has 0 spiro atoms. The minimum absolute atomic E-state index is 0.00514. The molecule has 0 aromatic heterocycles. The normalized spacial score (nSPS) is 20.2. The lowest BCUT2D eigenvalue weighted by Gasteiger charge is -2.32. The van der Waals surface area contributed by atoms with Crippen LogP contribution in [0, 0.1) is 10.1 Å². The van der Waals surface area contributed by atoms with Crippen molar-refractivity contribution in [2.45, 2.75) is 81.2 Å². The van der Waals surface area contributed by atoms with Crippen molar-refractivity contribution in [3.63, 3.8) is 0 Å². The van der Waals surface area contributed by atoms with Gasteiger partial charge in [0.05, 0.1) is 65.3 Å². The van der Waals surface area contributed by atoms with Crippen LogP contribution in [0.25, 0.3) is 11.1 Å². The van der Waals surface area contributed by atoms with E-state index in [4.69, 9.17) is 68.4 Å². The molecule has 102 heavy (non-hydrogen) atoms. The summed E-state index contributed by atoms with van der Waals surface area (Å²) >= 11 is 7.07. The molecule has 534 valence electrons. The first-order chi connectivity index (χ1) is 48.8. The number of nitro benzene ring substituents is 1. The first-order valence-corrected chi connectivity index (χ1v) is 31.9. The fourth-order valence-corrected chi connectivity index (χ4v) is 12.3. The third-order valence-electron chi connectivity index (χ3n) is 16.9. The molecule has 30 nitrogen and oxygen atoms in total. The summed E-state index contributed by atoms with van der Waals surface area (Å²) < 4.78 is 71.4. The number of benzene rings is 7. The van der Waals surface area contributed by atoms with Crippen molar-refractivity contribution in [1.29, 1.82) is 0 Å². The molecule has 0 fully saturated rings. The number of hydrogen-bond donors (Lipinski definition) is 8. The number of nitrogens with zero attached hydrogens (tertiary/aromatic N) is 1. The van der Waals surface area contributed by atoms with Crippen molar-refractivity contribution in [1.82, 2.24) is 37.2 Å². The van der Waals surface area contributed by atoms with Crippen LogP contribution in [-0.4, -0.2) is 132 Å². The van der Waals surface area contributed by atoms with Crippen LogP contribution in [-0.2, 0) is 49.4 Å². The van der Waals surface area contributed by atoms with Gasteiger partial charge in [0.15, 0.2) is 23.0 Å². The number of carbonyl (C=O) groups excluding carboxylic acids is 7. The van der Waals surface area contributed by atoms with E-state index in [-0.39, 0.29) is 126 Å². The zero-order valence-electron chi connectivity index (χ0n) is 56.6. The molecule has 6 aliphatic heterocycles. The van der Waals surface area contributed by atoms with Crippen molar-refractivity contribution in [3.8, 4) is 80.1 Å². The van der Waals surface area contributed by atoms with E-state index in [1.807, 2.05) is 0 Å². The lowest BCUT2D eigenvalue weighted by molar-refractivity contribution is -0.385. The van der Waals surface area contributed by atoms with Crippen LogP contribution in [0.15, 0.2) is 115 Å². The molecule has 7 aromatic carbocycles. The number of nitrogens with one attached hydrogen (secondary N) is 7. The highest BCUT2D eigenvalue weighted by atomic mass is 35.5. The van der Waals surface area contributed by atoms with Gasteiger partial charge in [-0.15, -0.1) is 0 Å². The highest BCUT2D eigenvalue weighted by Crippen LogP contribution is 2.49. The highest BCUT2D eigenvalue weighted by Gasteiger charge is 2.42.